The van der Waals surface area contributed by atoms with Gasteiger partial charge in [-0.15, -0.1) is 0 Å². The highest BCUT2D eigenvalue weighted by atomic mass is 16.4. The minimum absolute atomic E-state index is 0.290. The van der Waals surface area contributed by atoms with E-state index in [9.17, 15) is 9.90 Å². The highest BCUT2D eigenvalue weighted by Gasteiger charge is 2.28. The molecule has 0 fully saturated rings. The van der Waals surface area contributed by atoms with Crippen molar-refractivity contribution in [1.29, 1.82) is 0 Å². The number of carboxylic acid groups (broad SMARTS) is 1. The van der Waals surface area contributed by atoms with Gasteiger partial charge in [0.2, 0.25) is 0 Å². The molecule has 4 rings (SSSR count). The maximum absolute atomic E-state index is 11.9. The van der Waals surface area contributed by atoms with E-state index in [-0.39, 0.29) is 0 Å². The zero-order valence-corrected chi connectivity index (χ0v) is 11.9. The molecule has 0 radical (unpaired) electrons. The molecule has 2 aromatic carbocycles. The summed E-state index contributed by atoms with van der Waals surface area (Å²) < 4.78 is 1.83. The molecular weight excluding hydrogens is 276 g/mol. The summed E-state index contributed by atoms with van der Waals surface area (Å²) in [4.78, 5) is 11.9. The van der Waals surface area contributed by atoms with Gasteiger partial charge in [0.15, 0.2) is 0 Å². The summed E-state index contributed by atoms with van der Waals surface area (Å²) in [6, 6.07) is 17.5. The molecule has 1 aliphatic heterocycles. The number of hydrogen-bond donors (Lipinski definition) is 1. The second kappa shape index (κ2) is 4.84. The molecule has 108 valence electrons. The lowest BCUT2D eigenvalue weighted by atomic mass is 9.94. The predicted octanol–water partition coefficient (Wildman–Crippen LogP) is 3.47. The van der Waals surface area contributed by atoms with Crippen LogP contribution in [0.4, 0.5) is 0 Å². The van der Waals surface area contributed by atoms with Crippen LogP contribution in [0.5, 0.6) is 0 Å². The second-order valence-corrected chi connectivity index (χ2v) is 5.37. The van der Waals surface area contributed by atoms with Gasteiger partial charge in [-0.1, -0.05) is 54.6 Å². The van der Waals surface area contributed by atoms with Crippen molar-refractivity contribution in [1.82, 2.24) is 9.78 Å². The van der Waals surface area contributed by atoms with E-state index in [0.717, 1.165) is 17.5 Å². The third kappa shape index (κ3) is 1.84. The van der Waals surface area contributed by atoms with Crippen molar-refractivity contribution < 1.29 is 9.90 Å². The molecule has 1 aliphatic rings. The highest BCUT2D eigenvalue weighted by Crippen LogP contribution is 2.36. The molecule has 0 spiro atoms. The zero-order valence-electron chi connectivity index (χ0n) is 11.9. The van der Waals surface area contributed by atoms with E-state index in [1.165, 1.54) is 5.56 Å². The molecule has 2 heterocycles. The first kappa shape index (κ1) is 12.8. The molecule has 22 heavy (non-hydrogen) atoms. The first-order chi connectivity index (χ1) is 10.8. The molecule has 0 saturated heterocycles. The lowest BCUT2D eigenvalue weighted by molar-refractivity contribution is 0.0698. The fourth-order valence-electron chi connectivity index (χ4n) is 3.09. The molecule has 0 amide bonds. The summed E-state index contributed by atoms with van der Waals surface area (Å²) in [6.07, 6.45) is 0.873. The average molecular weight is 290 g/mol. The summed E-state index contributed by atoms with van der Waals surface area (Å²) in [6.45, 7) is 0.708. The van der Waals surface area contributed by atoms with Gasteiger partial charge < -0.3 is 5.11 Å². The Morgan fingerprint density at radius 1 is 1.05 bits per heavy atom. The molecule has 0 saturated carbocycles. The third-order valence-electron chi connectivity index (χ3n) is 4.08. The second-order valence-electron chi connectivity index (χ2n) is 5.37. The van der Waals surface area contributed by atoms with Crippen LogP contribution in [0.25, 0.3) is 22.5 Å². The Morgan fingerprint density at radius 2 is 1.77 bits per heavy atom. The Morgan fingerprint density at radius 3 is 2.55 bits per heavy atom. The van der Waals surface area contributed by atoms with E-state index < -0.39 is 5.97 Å². The van der Waals surface area contributed by atoms with Crippen LogP contribution in [0.15, 0.2) is 54.6 Å². The number of aromatic nitrogens is 2. The minimum Gasteiger partial charge on any atom is -0.478 e. The van der Waals surface area contributed by atoms with Crippen LogP contribution in [-0.4, -0.2) is 20.9 Å². The van der Waals surface area contributed by atoms with Gasteiger partial charge in [0.05, 0.1) is 5.69 Å². The number of rotatable bonds is 2. The van der Waals surface area contributed by atoms with Crippen LogP contribution in [0.1, 0.15) is 15.9 Å². The molecule has 0 unspecified atom stereocenters. The molecule has 0 aliphatic carbocycles. The summed E-state index contributed by atoms with van der Waals surface area (Å²) in [5, 5.41) is 14.3. The lowest BCUT2D eigenvalue weighted by Crippen LogP contribution is -2.13. The number of aryl methyl sites for hydroxylation is 2. The van der Waals surface area contributed by atoms with Gasteiger partial charge in [0, 0.05) is 17.7 Å². The lowest BCUT2D eigenvalue weighted by Gasteiger charge is -2.18. The van der Waals surface area contributed by atoms with Gasteiger partial charge in [-0.05, 0) is 12.0 Å². The number of benzene rings is 2. The normalized spacial score (nSPS) is 12.5. The van der Waals surface area contributed by atoms with Crippen LogP contribution in [0, 0.1) is 0 Å². The van der Waals surface area contributed by atoms with Crippen LogP contribution < -0.4 is 0 Å². The van der Waals surface area contributed by atoms with Crippen molar-refractivity contribution >= 4 is 5.97 Å². The van der Waals surface area contributed by atoms with Crippen LogP contribution in [0.3, 0.4) is 0 Å². The van der Waals surface area contributed by atoms with Crippen LogP contribution in [0.2, 0.25) is 0 Å². The first-order valence-corrected chi connectivity index (χ1v) is 7.23. The van der Waals surface area contributed by atoms with Crippen molar-refractivity contribution in [2.75, 3.05) is 0 Å². The standard InChI is InChI=1S/C18H14N2O2/c21-18(22)15-16(13-7-2-1-3-8-13)19-20-11-10-12-6-4-5-9-14(12)17(15)20/h1-9H,10-11H2,(H,21,22). The van der Waals surface area contributed by atoms with E-state index in [0.29, 0.717) is 23.5 Å². The van der Waals surface area contributed by atoms with E-state index in [2.05, 4.69) is 11.2 Å². The van der Waals surface area contributed by atoms with Crippen molar-refractivity contribution in [3.8, 4) is 22.5 Å². The topological polar surface area (TPSA) is 55.1 Å². The Bertz CT molecular complexity index is 866. The molecule has 1 N–H and O–H groups in total. The smallest absolute Gasteiger partial charge is 0.340 e. The van der Waals surface area contributed by atoms with E-state index in [4.69, 9.17) is 0 Å². The number of fused-ring (bicyclic) bond motifs is 3. The average Bonchev–Trinajstić information content (AvgIpc) is 2.96. The highest BCUT2D eigenvalue weighted by molar-refractivity contribution is 6.02. The minimum atomic E-state index is -0.934. The number of nitrogens with zero attached hydrogens (tertiary/aromatic N) is 2. The van der Waals surface area contributed by atoms with Gasteiger partial charge in [0.1, 0.15) is 11.3 Å². The van der Waals surface area contributed by atoms with Crippen molar-refractivity contribution in [3.63, 3.8) is 0 Å². The Balaban J connectivity index is 2.02. The van der Waals surface area contributed by atoms with Gasteiger partial charge in [0.25, 0.3) is 0 Å². The fourth-order valence-corrected chi connectivity index (χ4v) is 3.09. The SMILES string of the molecule is O=C(O)c1c(-c2ccccc2)nn2c1-c1ccccc1CC2. The largest absolute Gasteiger partial charge is 0.478 e. The molecule has 1 aromatic heterocycles. The van der Waals surface area contributed by atoms with Gasteiger partial charge in [-0.25, -0.2) is 4.79 Å². The monoisotopic (exact) mass is 290 g/mol. The maximum Gasteiger partial charge on any atom is 0.340 e. The zero-order chi connectivity index (χ0) is 15.1. The molecule has 4 heteroatoms. The number of carbonyl (C=O) groups is 1. The van der Waals surface area contributed by atoms with Crippen LogP contribution >= 0.6 is 0 Å². The van der Waals surface area contributed by atoms with Crippen molar-refractivity contribution in [3.05, 3.63) is 65.7 Å². The number of hydrogen-bond acceptors (Lipinski definition) is 2. The van der Waals surface area contributed by atoms with Gasteiger partial charge in [-0.2, -0.15) is 5.10 Å². The van der Waals surface area contributed by atoms with Gasteiger partial charge >= 0.3 is 5.97 Å². The number of aromatic carboxylic acids is 1. The third-order valence-corrected chi connectivity index (χ3v) is 4.08. The molecule has 4 nitrogen and oxygen atoms in total. The molecular formula is C18H14N2O2. The van der Waals surface area contributed by atoms with E-state index in [1.807, 2.05) is 53.2 Å². The Labute approximate surface area is 127 Å². The van der Waals surface area contributed by atoms with Crippen molar-refractivity contribution in [2.45, 2.75) is 13.0 Å². The first-order valence-electron chi connectivity index (χ1n) is 7.23. The van der Waals surface area contributed by atoms with E-state index >= 15 is 0 Å². The Kier molecular flexibility index (Phi) is 2.82. The molecule has 0 atom stereocenters. The summed E-state index contributed by atoms with van der Waals surface area (Å²) >= 11 is 0. The molecule has 3 aromatic rings. The predicted molar refractivity (Wildman–Crippen MR) is 83.8 cm³/mol. The van der Waals surface area contributed by atoms with Crippen LogP contribution in [-0.2, 0) is 13.0 Å². The quantitative estimate of drug-likeness (QED) is 0.786. The molecule has 0 bridgehead atoms. The summed E-state index contributed by atoms with van der Waals surface area (Å²) in [7, 11) is 0. The summed E-state index contributed by atoms with van der Waals surface area (Å²) in [5.74, 6) is -0.934. The van der Waals surface area contributed by atoms with E-state index in [1.54, 1.807) is 0 Å². The number of carboxylic acids is 1. The van der Waals surface area contributed by atoms with Crippen molar-refractivity contribution in [2.24, 2.45) is 0 Å². The maximum atomic E-state index is 11.9. The fraction of sp³-hybridized carbons (Fsp3) is 0.111. The van der Waals surface area contributed by atoms with Gasteiger partial charge in [-0.3, -0.25) is 4.68 Å². The Hall–Kier alpha value is -2.88. The summed E-state index contributed by atoms with van der Waals surface area (Å²) in [5.41, 5.74) is 4.53.